The summed E-state index contributed by atoms with van der Waals surface area (Å²) in [5.74, 6) is 1.83. The Balaban J connectivity index is 1.46. The van der Waals surface area contributed by atoms with E-state index in [-0.39, 0.29) is 0 Å². The fourth-order valence-corrected chi connectivity index (χ4v) is 8.36. The third-order valence-corrected chi connectivity index (χ3v) is 10.6. The Morgan fingerprint density at radius 2 is 1.81 bits per heavy atom. The number of anilines is 1. The number of hydrogen-bond acceptors (Lipinski definition) is 3. The first kappa shape index (κ1) is 21.7. The highest BCUT2D eigenvalue weighted by Gasteiger charge is 2.40. The van der Waals surface area contributed by atoms with Gasteiger partial charge < -0.3 is 9.46 Å². The molecule has 2 aromatic carbocycles. The molecular weight excluding hydrogens is 418 g/mol. The second-order valence-electron chi connectivity index (χ2n) is 9.90. The normalized spacial score (nSPS) is 19.0. The van der Waals surface area contributed by atoms with Crippen LogP contribution in [0.15, 0.2) is 53.6 Å². The quantitative estimate of drug-likeness (QED) is 0.505. The molecule has 32 heavy (non-hydrogen) atoms. The molecule has 1 N–H and O–H groups in total. The lowest BCUT2D eigenvalue weighted by Crippen LogP contribution is -2.44. The summed E-state index contributed by atoms with van der Waals surface area (Å²) in [6.07, 6.45) is 9.39. The number of benzene rings is 2. The molecule has 5 nitrogen and oxygen atoms in total. The van der Waals surface area contributed by atoms with Crippen LogP contribution in [0.5, 0.6) is 0 Å². The van der Waals surface area contributed by atoms with Crippen LogP contribution in [0, 0.1) is 11.8 Å². The summed E-state index contributed by atoms with van der Waals surface area (Å²) in [5.41, 5.74) is 3.34. The monoisotopic (exact) mass is 453 g/mol. The van der Waals surface area contributed by atoms with Crippen molar-refractivity contribution < 1.29 is 8.95 Å². The Hall–Kier alpha value is -2.18. The smallest absolute Gasteiger partial charge is 0.0683 e. The van der Waals surface area contributed by atoms with Crippen molar-refractivity contribution in [2.75, 3.05) is 29.9 Å². The zero-order chi connectivity index (χ0) is 22.2. The largest absolute Gasteiger partial charge is 0.381 e. The maximum Gasteiger partial charge on any atom is 0.0683 e. The van der Waals surface area contributed by atoms with Gasteiger partial charge in [0.05, 0.1) is 11.7 Å². The molecular formula is C26H35N3O2S. The Labute approximate surface area is 191 Å². The highest BCUT2D eigenvalue weighted by atomic mass is 32.3. The first-order valence-electron chi connectivity index (χ1n) is 12.0. The number of aryl methyl sites for hydroxylation is 1. The molecule has 172 valence electrons. The number of nitrogens with zero attached hydrogens (tertiary/aromatic N) is 2. The van der Waals surface area contributed by atoms with Gasteiger partial charge in [-0.25, -0.2) is 0 Å². The van der Waals surface area contributed by atoms with E-state index in [1.807, 2.05) is 12.5 Å². The number of fused-ring (bicyclic) bond motifs is 1. The minimum atomic E-state index is -3.29. The molecule has 2 fully saturated rings. The van der Waals surface area contributed by atoms with Crippen LogP contribution in [0.2, 0.25) is 0 Å². The number of nitrogens with one attached hydrogen (secondary N) is 1. The molecule has 0 radical (unpaired) electrons. The standard InChI is InChI=1S/C26H35N3O2S/c1-3-20-6-8-24(9-7-20)28-32(2,30,19-22-4-5-22)25-10-11-26-23(16-25)17-27-29(26)18-21-12-14-31-15-13-21/h6-11,16-17,21-22H,3-5,12-15,18-19H2,1-2H3,(H,28,30). The van der Waals surface area contributed by atoms with E-state index in [9.17, 15) is 4.21 Å². The van der Waals surface area contributed by atoms with E-state index >= 15 is 0 Å². The summed E-state index contributed by atoms with van der Waals surface area (Å²) in [5, 5.41) is 5.74. The van der Waals surface area contributed by atoms with Gasteiger partial charge in [-0.2, -0.15) is 5.10 Å². The van der Waals surface area contributed by atoms with E-state index in [1.165, 1.54) is 18.4 Å². The molecule has 0 unspecified atom stereocenters. The lowest BCUT2D eigenvalue weighted by molar-refractivity contribution is 0.0605. The number of hydrogen-bond donors (Lipinski definition) is 1. The van der Waals surface area contributed by atoms with Crippen molar-refractivity contribution in [3.8, 4) is 0 Å². The van der Waals surface area contributed by atoms with E-state index in [0.29, 0.717) is 17.6 Å². The van der Waals surface area contributed by atoms with Gasteiger partial charge in [-0.05, 0) is 89.1 Å². The third-order valence-electron chi connectivity index (χ3n) is 7.08. The lowest BCUT2D eigenvalue weighted by Gasteiger charge is -2.41. The summed E-state index contributed by atoms with van der Waals surface area (Å²) in [6.45, 7) is 4.76. The molecule has 1 aliphatic carbocycles. The zero-order valence-corrected chi connectivity index (χ0v) is 20.1. The highest BCUT2D eigenvalue weighted by Crippen LogP contribution is 2.43. The van der Waals surface area contributed by atoms with Crippen LogP contribution in [-0.2, 0) is 27.0 Å². The molecule has 1 aromatic heterocycles. The van der Waals surface area contributed by atoms with Crippen LogP contribution in [-0.4, -0.2) is 39.2 Å². The first-order valence-corrected chi connectivity index (χ1v) is 14.5. The van der Waals surface area contributed by atoms with E-state index in [1.54, 1.807) is 0 Å². The van der Waals surface area contributed by atoms with Gasteiger partial charge in [0.25, 0.3) is 0 Å². The predicted octanol–water partition coefficient (Wildman–Crippen LogP) is 5.27. The Morgan fingerprint density at radius 1 is 1.06 bits per heavy atom. The van der Waals surface area contributed by atoms with Gasteiger partial charge >= 0.3 is 0 Å². The minimum absolute atomic E-state index is 0.536. The average Bonchev–Trinajstić information content (AvgIpc) is 3.51. The topological polar surface area (TPSA) is 56.2 Å². The van der Waals surface area contributed by atoms with Crippen molar-refractivity contribution in [3.63, 3.8) is 0 Å². The molecule has 1 saturated carbocycles. The van der Waals surface area contributed by atoms with E-state index in [0.717, 1.165) is 60.5 Å². The van der Waals surface area contributed by atoms with E-state index in [2.05, 4.69) is 63.9 Å². The maximum atomic E-state index is 14.8. The summed E-state index contributed by atoms with van der Waals surface area (Å²) in [7, 11) is -3.29. The molecule has 2 aliphatic rings. The average molecular weight is 454 g/mol. The van der Waals surface area contributed by atoms with Gasteiger partial charge in [-0.1, -0.05) is 19.1 Å². The van der Waals surface area contributed by atoms with Gasteiger partial charge in [0, 0.05) is 47.7 Å². The molecule has 6 heteroatoms. The maximum absolute atomic E-state index is 14.8. The van der Waals surface area contributed by atoms with Crippen LogP contribution < -0.4 is 4.72 Å². The predicted molar refractivity (Wildman–Crippen MR) is 133 cm³/mol. The highest BCUT2D eigenvalue weighted by molar-refractivity contribution is 8.20. The van der Waals surface area contributed by atoms with Gasteiger partial charge in [-0.15, -0.1) is 0 Å². The van der Waals surface area contributed by atoms with Gasteiger partial charge in [-0.3, -0.25) is 8.89 Å². The van der Waals surface area contributed by atoms with Crippen LogP contribution >= 0.6 is 0 Å². The molecule has 0 atom stereocenters. The number of ether oxygens (including phenoxy) is 1. The van der Waals surface area contributed by atoms with Gasteiger partial charge in [0.15, 0.2) is 0 Å². The molecule has 2 heterocycles. The van der Waals surface area contributed by atoms with Crippen molar-refractivity contribution in [1.82, 2.24) is 9.78 Å². The first-order chi connectivity index (χ1) is 15.4. The summed E-state index contributed by atoms with van der Waals surface area (Å²) in [6, 6.07) is 14.7. The summed E-state index contributed by atoms with van der Waals surface area (Å²) >= 11 is 0. The summed E-state index contributed by atoms with van der Waals surface area (Å²) < 4.78 is 25.9. The molecule has 1 saturated heterocycles. The number of aromatic nitrogens is 2. The van der Waals surface area contributed by atoms with Crippen LogP contribution in [0.3, 0.4) is 0 Å². The van der Waals surface area contributed by atoms with Crippen LogP contribution in [0.1, 0.15) is 38.2 Å². The van der Waals surface area contributed by atoms with Crippen LogP contribution in [0.25, 0.3) is 10.9 Å². The lowest BCUT2D eigenvalue weighted by atomic mass is 10.0. The second-order valence-corrected chi connectivity index (χ2v) is 14.0. The zero-order valence-electron chi connectivity index (χ0n) is 19.3. The SMILES string of the molecule is CCc1ccc(NS(C)(=O)(CC2CC2)c2ccc3c(cnn3CC3CCOCC3)c2)cc1. The van der Waals surface area contributed by atoms with Crippen molar-refractivity contribution in [3.05, 3.63) is 54.2 Å². The Morgan fingerprint density at radius 3 is 2.50 bits per heavy atom. The fourth-order valence-electron chi connectivity index (χ4n) is 4.88. The van der Waals surface area contributed by atoms with Gasteiger partial charge in [0.2, 0.25) is 0 Å². The third kappa shape index (κ3) is 4.48. The molecule has 3 aromatic rings. The Bertz CT molecular complexity index is 1160. The second kappa shape index (κ2) is 8.31. The Kier molecular flexibility index (Phi) is 5.62. The summed E-state index contributed by atoms with van der Waals surface area (Å²) in [4.78, 5) is 0.895. The van der Waals surface area contributed by atoms with E-state index in [4.69, 9.17) is 4.74 Å². The van der Waals surface area contributed by atoms with E-state index < -0.39 is 9.25 Å². The molecule has 0 bridgehead atoms. The molecule has 5 rings (SSSR count). The van der Waals surface area contributed by atoms with Crippen molar-refractivity contribution in [2.45, 2.75) is 50.5 Å². The van der Waals surface area contributed by atoms with Crippen LogP contribution in [0.4, 0.5) is 5.69 Å². The molecule has 0 spiro atoms. The number of rotatable bonds is 8. The molecule has 0 amide bonds. The van der Waals surface area contributed by atoms with Crippen molar-refractivity contribution in [2.24, 2.45) is 11.8 Å². The minimum Gasteiger partial charge on any atom is -0.381 e. The van der Waals surface area contributed by atoms with Crippen molar-refractivity contribution in [1.29, 1.82) is 0 Å². The van der Waals surface area contributed by atoms with Crippen molar-refractivity contribution >= 4 is 25.8 Å². The molecule has 1 aliphatic heterocycles. The van der Waals surface area contributed by atoms with Gasteiger partial charge in [0.1, 0.15) is 0 Å². The fraction of sp³-hybridized carbons (Fsp3) is 0.500.